The topological polar surface area (TPSA) is 49.4 Å². The minimum absolute atomic E-state index is 0.629. The van der Waals surface area contributed by atoms with Crippen LogP contribution in [0.3, 0.4) is 0 Å². The van der Waals surface area contributed by atoms with Gasteiger partial charge >= 0.3 is 0 Å². The maximum Gasteiger partial charge on any atom is 0.229 e. The quantitative estimate of drug-likeness (QED) is 0.831. The summed E-state index contributed by atoms with van der Waals surface area (Å²) in [7, 11) is -1.31. The summed E-state index contributed by atoms with van der Waals surface area (Å²) < 4.78 is 25.0. The van der Waals surface area contributed by atoms with Crippen molar-refractivity contribution in [2.24, 2.45) is 0 Å². The molecule has 92 valence electrons. The fourth-order valence-electron chi connectivity index (χ4n) is 1.92. The fourth-order valence-corrected chi connectivity index (χ4v) is 2.79. The average Bonchev–Trinajstić information content (AvgIpc) is 2.43. The molecule has 0 spiro atoms. The molecule has 1 aliphatic rings. The molecule has 0 amide bonds. The molecule has 1 aromatic rings. The van der Waals surface area contributed by atoms with E-state index in [9.17, 15) is 8.42 Å². The van der Waals surface area contributed by atoms with Crippen LogP contribution >= 0.6 is 12.2 Å². The molecule has 0 fully saturated rings. The molecule has 0 bridgehead atoms. The second-order valence-corrected chi connectivity index (χ2v) is 6.52. The lowest BCUT2D eigenvalue weighted by molar-refractivity contribution is 0.607. The number of nitrogens with zero attached hydrogens (tertiary/aromatic N) is 1. The molecule has 6 heteroatoms. The Morgan fingerprint density at radius 2 is 2.06 bits per heavy atom. The van der Waals surface area contributed by atoms with Crippen molar-refractivity contribution >= 4 is 38.6 Å². The summed E-state index contributed by atoms with van der Waals surface area (Å²) in [5.74, 6) is 0. The van der Waals surface area contributed by atoms with Gasteiger partial charge in [0.1, 0.15) is 0 Å². The molecule has 0 radical (unpaired) electrons. The number of nitrogens with one attached hydrogen (secondary N) is 1. The Labute approximate surface area is 107 Å². The molecule has 0 saturated carbocycles. The first-order chi connectivity index (χ1) is 7.78. The molecule has 4 nitrogen and oxygen atoms in total. The van der Waals surface area contributed by atoms with Crippen LogP contribution in [0.15, 0.2) is 12.1 Å². The van der Waals surface area contributed by atoms with Crippen LogP contribution in [0.5, 0.6) is 0 Å². The number of aryl methyl sites for hydroxylation is 1. The van der Waals surface area contributed by atoms with Gasteiger partial charge in [0.05, 0.1) is 16.9 Å². The number of sulfonamides is 1. The molecule has 0 aliphatic carbocycles. The van der Waals surface area contributed by atoms with Crippen molar-refractivity contribution in [2.45, 2.75) is 13.3 Å². The highest BCUT2D eigenvalue weighted by Crippen LogP contribution is 2.33. The van der Waals surface area contributed by atoms with Crippen molar-refractivity contribution in [3.8, 4) is 0 Å². The Hall–Kier alpha value is -1.14. The van der Waals surface area contributed by atoms with E-state index in [2.05, 4.69) is 4.72 Å². The van der Waals surface area contributed by atoms with E-state index in [1.54, 1.807) is 0 Å². The third-order valence-corrected chi connectivity index (χ3v) is 3.81. The molecule has 0 aromatic heterocycles. The summed E-state index contributed by atoms with van der Waals surface area (Å²) in [5, 5.41) is 0. The SMILES string of the molecule is Cc1cc2c(cc1NS(C)(=O)=O)CC(=S)N2C. The number of benzene rings is 1. The van der Waals surface area contributed by atoms with Gasteiger partial charge in [0.15, 0.2) is 0 Å². The minimum atomic E-state index is -3.24. The number of rotatable bonds is 2. The molecular formula is C11H14N2O2S2. The lowest BCUT2D eigenvalue weighted by Gasteiger charge is -2.14. The Kier molecular flexibility index (Phi) is 2.87. The van der Waals surface area contributed by atoms with E-state index in [1.807, 2.05) is 31.0 Å². The largest absolute Gasteiger partial charge is 0.339 e. The third kappa shape index (κ3) is 2.42. The van der Waals surface area contributed by atoms with Crippen LogP contribution < -0.4 is 9.62 Å². The Balaban J connectivity index is 2.47. The fraction of sp³-hybridized carbons (Fsp3) is 0.364. The van der Waals surface area contributed by atoms with Crippen molar-refractivity contribution in [1.82, 2.24) is 0 Å². The summed E-state index contributed by atoms with van der Waals surface area (Å²) in [6.07, 6.45) is 1.84. The number of hydrogen-bond acceptors (Lipinski definition) is 3. The van der Waals surface area contributed by atoms with Crippen molar-refractivity contribution in [2.75, 3.05) is 22.9 Å². The molecule has 1 aromatic carbocycles. The number of hydrogen-bond donors (Lipinski definition) is 1. The monoisotopic (exact) mass is 270 g/mol. The summed E-state index contributed by atoms with van der Waals surface area (Å²) in [5.41, 5.74) is 3.65. The zero-order chi connectivity index (χ0) is 12.8. The van der Waals surface area contributed by atoms with Gasteiger partial charge in [-0.25, -0.2) is 8.42 Å². The summed E-state index contributed by atoms with van der Waals surface area (Å²) in [4.78, 5) is 2.82. The normalized spacial score (nSPS) is 15.0. The van der Waals surface area contributed by atoms with Crippen LogP contribution in [0.2, 0.25) is 0 Å². The maximum atomic E-state index is 11.2. The first-order valence-electron chi connectivity index (χ1n) is 5.16. The van der Waals surface area contributed by atoms with Crippen LogP contribution in [0.25, 0.3) is 0 Å². The Morgan fingerprint density at radius 1 is 1.41 bits per heavy atom. The zero-order valence-corrected chi connectivity index (χ0v) is 11.6. The van der Waals surface area contributed by atoms with Gasteiger partial charge in [-0.3, -0.25) is 4.72 Å². The Morgan fingerprint density at radius 3 is 2.65 bits per heavy atom. The lowest BCUT2D eigenvalue weighted by atomic mass is 10.1. The zero-order valence-electron chi connectivity index (χ0n) is 9.94. The first kappa shape index (κ1) is 12.3. The van der Waals surface area contributed by atoms with Gasteiger partial charge < -0.3 is 4.90 Å². The third-order valence-electron chi connectivity index (χ3n) is 2.80. The Bertz CT molecular complexity index is 594. The van der Waals surface area contributed by atoms with Crippen molar-refractivity contribution in [3.05, 3.63) is 23.3 Å². The summed E-state index contributed by atoms with van der Waals surface area (Å²) in [6.45, 7) is 1.88. The van der Waals surface area contributed by atoms with Gasteiger partial charge in [0.25, 0.3) is 0 Å². The number of thiocarbonyl (C=S) groups is 1. The molecule has 0 unspecified atom stereocenters. The second kappa shape index (κ2) is 3.96. The van der Waals surface area contributed by atoms with Gasteiger partial charge in [0, 0.05) is 19.2 Å². The van der Waals surface area contributed by atoms with Crippen LogP contribution in [0.1, 0.15) is 11.1 Å². The van der Waals surface area contributed by atoms with Gasteiger partial charge in [-0.1, -0.05) is 12.2 Å². The highest BCUT2D eigenvalue weighted by atomic mass is 32.2. The number of likely N-dealkylation sites (N-methyl/N-ethyl adjacent to an activating group) is 1. The van der Waals surface area contributed by atoms with Crippen LogP contribution in [-0.4, -0.2) is 26.7 Å². The van der Waals surface area contributed by atoms with Gasteiger partial charge in [-0.2, -0.15) is 0 Å². The van der Waals surface area contributed by atoms with E-state index >= 15 is 0 Å². The highest BCUT2D eigenvalue weighted by Gasteiger charge is 2.22. The number of fused-ring (bicyclic) bond motifs is 1. The average molecular weight is 270 g/mol. The smallest absolute Gasteiger partial charge is 0.229 e. The van der Waals surface area contributed by atoms with Gasteiger partial charge in [-0.15, -0.1) is 0 Å². The molecule has 1 heterocycles. The van der Waals surface area contributed by atoms with E-state index in [1.165, 1.54) is 0 Å². The molecule has 1 N–H and O–H groups in total. The predicted octanol–water partition coefficient (Wildman–Crippen LogP) is 1.69. The van der Waals surface area contributed by atoms with E-state index in [0.29, 0.717) is 12.1 Å². The van der Waals surface area contributed by atoms with Crippen LogP contribution in [0.4, 0.5) is 11.4 Å². The van der Waals surface area contributed by atoms with Gasteiger partial charge in [-0.05, 0) is 30.2 Å². The van der Waals surface area contributed by atoms with Crippen LogP contribution in [-0.2, 0) is 16.4 Å². The van der Waals surface area contributed by atoms with Gasteiger partial charge in [0.2, 0.25) is 10.0 Å². The molecule has 1 aliphatic heterocycles. The van der Waals surface area contributed by atoms with E-state index in [4.69, 9.17) is 12.2 Å². The molecule has 0 saturated heterocycles. The summed E-state index contributed by atoms with van der Waals surface area (Å²) >= 11 is 5.23. The molecule has 2 rings (SSSR count). The first-order valence-corrected chi connectivity index (χ1v) is 7.46. The highest BCUT2D eigenvalue weighted by molar-refractivity contribution is 7.92. The van der Waals surface area contributed by atoms with E-state index in [0.717, 1.165) is 28.1 Å². The summed E-state index contributed by atoms with van der Waals surface area (Å²) in [6, 6.07) is 3.82. The van der Waals surface area contributed by atoms with E-state index in [-0.39, 0.29) is 0 Å². The molecule has 17 heavy (non-hydrogen) atoms. The van der Waals surface area contributed by atoms with Crippen LogP contribution in [0, 0.1) is 6.92 Å². The second-order valence-electron chi connectivity index (χ2n) is 4.30. The van der Waals surface area contributed by atoms with Crippen molar-refractivity contribution in [3.63, 3.8) is 0 Å². The molecule has 0 atom stereocenters. The minimum Gasteiger partial charge on any atom is -0.339 e. The lowest BCUT2D eigenvalue weighted by Crippen LogP contribution is -2.18. The standard InChI is InChI=1S/C11H14N2O2S2/c1-7-4-10-8(6-11(16)13(10)2)5-9(7)12-17(3,14)15/h4-5,12H,6H2,1-3H3. The number of anilines is 2. The van der Waals surface area contributed by atoms with Crippen molar-refractivity contribution in [1.29, 1.82) is 0 Å². The predicted molar refractivity (Wildman–Crippen MR) is 74.4 cm³/mol. The maximum absolute atomic E-state index is 11.2. The van der Waals surface area contributed by atoms with E-state index < -0.39 is 10.0 Å². The molecular weight excluding hydrogens is 256 g/mol. The van der Waals surface area contributed by atoms with Crippen molar-refractivity contribution < 1.29 is 8.42 Å².